The number of hydrogen-bond donors (Lipinski definition) is 0. The quantitative estimate of drug-likeness (QED) is 0.778. The van der Waals surface area contributed by atoms with Gasteiger partial charge in [0, 0.05) is 31.9 Å². The number of halogens is 1. The molecular formula is C17H23BFNO. The highest BCUT2D eigenvalue weighted by Gasteiger charge is 2.10. The second kappa shape index (κ2) is 7.16. The average Bonchev–Trinajstić information content (AvgIpc) is 2.38. The number of rotatable bonds is 4. The molecule has 4 heteroatoms. The van der Waals surface area contributed by atoms with Gasteiger partial charge in [-0.05, 0) is 23.7 Å². The first-order chi connectivity index (χ1) is 9.47. The van der Waals surface area contributed by atoms with Crippen molar-refractivity contribution in [3.8, 4) is 11.5 Å². The van der Waals surface area contributed by atoms with Gasteiger partial charge in [-0.1, -0.05) is 33.2 Å². The van der Waals surface area contributed by atoms with Crippen molar-refractivity contribution in [2.24, 2.45) is 0 Å². The number of benzene rings is 2. The molecule has 0 aliphatic rings. The minimum atomic E-state index is -0.221. The molecule has 2 nitrogen and oxygen atoms in total. The highest BCUT2D eigenvalue weighted by Crippen LogP contribution is 2.25. The van der Waals surface area contributed by atoms with Gasteiger partial charge in [0.2, 0.25) is 0 Å². The van der Waals surface area contributed by atoms with Crippen LogP contribution in [0.3, 0.4) is 0 Å². The maximum atomic E-state index is 13.9. The topological polar surface area (TPSA) is 12.5 Å². The maximum Gasteiger partial charge on any atom is 0.173 e. The summed E-state index contributed by atoms with van der Waals surface area (Å²) in [7, 11) is 3.94. The molecule has 0 radical (unpaired) electrons. The second-order valence-electron chi connectivity index (χ2n) is 5.33. The van der Waals surface area contributed by atoms with Crippen LogP contribution in [0.4, 0.5) is 10.1 Å². The van der Waals surface area contributed by atoms with E-state index in [-0.39, 0.29) is 20.0 Å². The number of ether oxygens (including phenoxy) is 1. The van der Waals surface area contributed by atoms with Crippen molar-refractivity contribution in [1.82, 2.24) is 0 Å². The lowest BCUT2D eigenvalue weighted by atomic mass is 9.49. The van der Waals surface area contributed by atoms with Gasteiger partial charge in [-0.15, -0.1) is 0 Å². The van der Waals surface area contributed by atoms with Crippen LogP contribution in [0.1, 0.15) is 7.43 Å². The first kappa shape index (κ1) is 17.1. The fraction of sp³-hybridized carbons (Fsp3) is 0.294. The molecule has 0 saturated heterocycles. The molecule has 0 unspecified atom stereocenters. The summed E-state index contributed by atoms with van der Waals surface area (Å²) in [6.45, 7) is 4.11. The van der Waals surface area contributed by atoms with Crippen molar-refractivity contribution < 1.29 is 9.13 Å². The zero-order valence-corrected chi connectivity index (χ0v) is 12.4. The van der Waals surface area contributed by atoms with Gasteiger partial charge >= 0.3 is 0 Å². The van der Waals surface area contributed by atoms with Crippen LogP contribution in [-0.4, -0.2) is 20.8 Å². The van der Waals surface area contributed by atoms with Crippen LogP contribution < -0.4 is 15.1 Å². The Morgan fingerprint density at radius 3 is 2.24 bits per heavy atom. The van der Waals surface area contributed by atoms with Gasteiger partial charge in [0.25, 0.3) is 0 Å². The fourth-order valence-corrected chi connectivity index (χ4v) is 2.00. The van der Waals surface area contributed by atoms with E-state index in [1.54, 1.807) is 12.1 Å². The van der Waals surface area contributed by atoms with Crippen LogP contribution in [0.15, 0.2) is 42.5 Å². The summed E-state index contributed by atoms with van der Waals surface area (Å²) in [6, 6.07) is 12.7. The van der Waals surface area contributed by atoms with Gasteiger partial charge in [-0.2, -0.15) is 0 Å². The van der Waals surface area contributed by atoms with E-state index < -0.39 is 0 Å². The second-order valence-corrected chi connectivity index (χ2v) is 5.33. The molecule has 0 atom stereocenters. The molecular weight excluding hydrogens is 264 g/mol. The van der Waals surface area contributed by atoms with Gasteiger partial charge < -0.3 is 9.64 Å². The summed E-state index contributed by atoms with van der Waals surface area (Å²) in [5.74, 6) is 0.997. The third-order valence-electron chi connectivity index (χ3n) is 3.16. The van der Waals surface area contributed by atoms with Gasteiger partial charge in [0.15, 0.2) is 6.71 Å². The SMILES string of the molecule is C.CB(C)c1ccc(Oc2cccc(N(C)C)c2)cc1F. The summed E-state index contributed by atoms with van der Waals surface area (Å²) in [4.78, 5) is 2.00. The van der Waals surface area contributed by atoms with Crippen LogP contribution >= 0.6 is 0 Å². The lowest BCUT2D eigenvalue weighted by Crippen LogP contribution is -2.25. The smallest absolute Gasteiger partial charge is 0.173 e. The molecule has 21 heavy (non-hydrogen) atoms. The Kier molecular flexibility index (Phi) is 5.83. The highest BCUT2D eigenvalue weighted by atomic mass is 19.1. The maximum absolute atomic E-state index is 13.9. The van der Waals surface area contributed by atoms with Crippen LogP contribution in [0.5, 0.6) is 11.5 Å². The standard InChI is InChI=1S/C16H19BFNO.CH4/c1-17(2)15-9-8-14(11-16(15)18)20-13-7-5-6-12(10-13)19(3)4;/h5-11H,1-4H3;1H4. The Morgan fingerprint density at radius 1 is 1.00 bits per heavy atom. The Labute approximate surface area is 127 Å². The van der Waals surface area contributed by atoms with Crippen molar-refractivity contribution >= 4 is 17.9 Å². The minimum absolute atomic E-state index is 0. The lowest BCUT2D eigenvalue weighted by Gasteiger charge is -2.14. The lowest BCUT2D eigenvalue weighted by molar-refractivity contribution is 0.477. The Morgan fingerprint density at radius 2 is 1.67 bits per heavy atom. The van der Waals surface area contributed by atoms with Gasteiger partial charge in [0.1, 0.15) is 17.3 Å². The van der Waals surface area contributed by atoms with Gasteiger partial charge in [-0.25, -0.2) is 4.39 Å². The third kappa shape index (κ3) is 4.25. The van der Waals surface area contributed by atoms with Gasteiger partial charge in [0.05, 0.1) is 0 Å². The first-order valence-corrected chi connectivity index (χ1v) is 6.72. The molecule has 0 aliphatic heterocycles. The van der Waals surface area contributed by atoms with E-state index in [9.17, 15) is 4.39 Å². The summed E-state index contributed by atoms with van der Waals surface area (Å²) in [5.41, 5.74) is 1.75. The molecule has 2 rings (SSSR count). The van der Waals surface area contributed by atoms with E-state index >= 15 is 0 Å². The summed E-state index contributed by atoms with van der Waals surface area (Å²) >= 11 is 0. The molecule has 2 aromatic carbocycles. The zero-order valence-electron chi connectivity index (χ0n) is 12.4. The molecule has 0 spiro atoms. The monoisotopic (exact) mass is 287 g/mol. The predicted octanol–water partition coefficient (Wildman–Crippen LogP) is 4.28. The Bertz CT molecular complexity index is 599. The van der Waals surface area contributed by atoms with Crippen molar-refractivity contribution in [2.75, 3.05) is 19.0 Å². The van der Waals surface area contributed by atoms with Crippen molar-refractivity contribution in [3.05, 3.63) is 48.3 Å². The zero-order chi connectivity index (χ0) is 14.7. The largest absolute Gasteiger partial charge is 0.457 e. The van der Waals surface area contributed by atoms with Crippen LogP contribution in [0.2, 0.25) is 13.6 Å². The first-order valence-electron chi connectivity index (χ1n) is 6.72. The van der Waals surface area contributed by atoms with Gasteiger partial charge in [-0.3, -0.25) is 0 Å². The van der Waals surface area contributed by atoms with E-state index in [2.05, 4.69) is 0 Å². The summed E-state index contributed by atoms with van der Waals surface area (Å²) < 4.78 is 19.6. The Balaban J connectivity index is 0.00000220. The average molecular weight is 287 g/mol. The van der Waals surface area contributed by atoms with E-state index in [0.717, 1.165) is 5.69 Å². The fourth-order valence-electron chi connectivity index (χ4n) is 2.00. The molecule has 0 fully saturated rings. The molecule has 0 saturated carbocycles. The van der Waals surface area contributed by atoms with E-state index in [1.165, 1.54) is 6.07 Å². The minimum Gasteiger partial charge on any atom is -0.457 e. The molecule has 0 aliphatic carbocycles. The van der Waals surface area contributed by atoms with E-state index in [1.807, 2.05) is 56.9 Å². The molecule has 112 valence electrons. The molecule has 0 amide bonds. The van der Waals surface area contributed by atoms with Crippen molar-refractivity contribution in [1.29, 1.82) is 0 Å². The summed E-state index contributed by atoms with van der Waals surface area (Å²) in [6.07, 6.45) is 0. The number of anilines is 1. The summed E-state index contributed by atoms with van der Waals surface area (Å²) in [5, 5.41) is 0. The number of nitrogens with zero attached hydrogens (tertiary/aromatic N) is 1. The molecule has 2 aromatic rings. The van der Waals surface area contributed by atoms with Crippen LogP contribution in [-0.2, 0) is 0 Å². The van der Waals surface area contributed by atoms with Crippen molar-refractivity contribution in [2.45, 2.75) is 21.1 Å². The Hall–Kier alpha value is -1.97. The number of hydrogen-bond acceptors (Lipinski definition) is 2. The van der Waals surface area contributed by atoms with E-state index in [4.69, 9.17) is 4.74 Å². The van der Waals surface area contributed by atoms with Crippen LogP contribution in [0, 0.1) is 5.82 Å². The molecule has 0 bridgehead atoms. The molecule has 0 aromatic heterocycles. The predicted molar refractivity (Wildman–Crippen MR) is 91.1 cm³/mol. The third-order valence-corrected chi connectivity index (χ3v) is 3.16. The van der Waals surface area contributed by atoms with Crippen molar-refractivity contribution in [3.63, 3.8) is 0 Å². The highest BCUT2D eigenvalue weighted by molar-refractivity contribution is 6.70. The molecule has 0 N–H and O–H groups in total. The molecule has 0 heterocycles. The normalized spacial score (nSPS) is 9.76. The van der Waals surface area contributed by atoms with Crippen LogP contribution in [0.25, 0.3) is 0 Å². The van der Waals surface area contributed by atoms with E-state index in [0.29, 0.717) is 17.0 Å².